The van der Waals surface area contributed by atoms with Crippen molar-refractivity contribution in [2.75, 3.05) is 13.2 Å². The number of aliphatic hydroxyl groups excluding tert-OH is 7. The number of ether oxygens (including phenoxy) is 4. The van der Waals surface area contributed by atoms with E-state index < -0.39 is 84.8 Å². The summed E-state index contributed by atoms with van der Waals surface area (Å²) in [6, 6.07) is 0. The molecule has 308 valence electrons. The summed E-state index contributed by atoms with van der Waals surface area (Å²) in [6.45, 7) is 14.8. The molecule has 1 unspecified atom stereocenters. The number of carbonyl (C=O) groups is 1. The quantitative estimate of drug-likeness (QED) is 0.114. The van der Waals surface area contributed by atoms with E-state index in [2.05, 4.69) is 40.7 Å². The largest absolute Gasteiger partial charge is 0.432 e. The van der Waals surface area contributed by atoms with E-state index in [9.17, 15) is 45.6 Å². The third-order valence-corrected chi connectivity index (χ3v) is 17.2. The minimum absolute atomic E-state index is 0.0674. The van der Waals surface area contributed by atoms with Gasteiger partial charge in [-0.3, -0.25) is 4.79 Å². The number of allylic oxidation sites excluding steroid dienone is 1. The van der Waals surface area contributed by atoms with E-state index in [1.54, 1.807) is 0 Å². The highest BCUT2D eigenvalue weighted by atomic mass is 16.7. The van der Waals surface area contributed by atoms with Gasteiger partial charge in [-0.2, -0.15) is 0 Å². The van der Waals surface area contributed by atoms with Crippen LogP contribution in [0.15, 0.2) is 11.6 Å². The van der Waals surface area contributed by atoms with E-state index >= 15 is 0 Å². The van der Waals surface area contributed by atoms with Crippen molar-refractivity contribution in [2.24, 2.45) is 50.7 Å². The smallest absolute Gasteiger partial charge is 0.315 e. The molecule has 6 fully saturated rings. The van der Waals surface area contributed by atoms with Gasteiger partial charge in [0, 0.05) is 5.92 Å². The summed E-state index contributed by atoms with van der Waals surface area (Å²) in [7, 11) is 0. The average molecular weight is 767 g/mol. The first kappa shape index (κ1) is 40.9. The van der Waals surface area contributed by atoms with Crippen LogP contribution in [-0.2, 0) is 23.7 Å². The van der Waals surface area contributed by atoms with Crippen LogP contribution in [0.3, 0.4) is 0 Å². The highest BCUT2D eigenvalue weighted by molar-refractivity contribution is 5.79. The number of aliphatic hydroxyl groups is 8. The number of fused-ring (bicyclic) bond motifs is 7. The van der Waals surface area contributed by atoms with E-state index in [-0.39, 0.29) is 46.2 Å². The Balaban J connectivity index is 1.19. The van der Waals surface area contributed by atoms with Crippen molar-refractivity contribution in [3.63, 3.8) is 0 Å². The van der Waals surface area contributed by atoms with Crippen molar-refractivity contribution < 1.29 is 64.6 Å². The van der Waals surface area contributed by atoms with E-state index in [1.807, 2.05) is 13.8 Å². The topological polar surface area (TPSA) is 216 Å². The third kappa shape index (κ3) is 5.68. The molecule has 0 spiro atoms. The van der Waals surface area contributed by atoms with Crippen LogP contribution < -0.4 is 0 Å². The molecule has 5 aliphatic carbocycles. The van der Waals surface area contributed by atoms with Gasteiger partial charge in [0.15, 0.2) is 6.29 Å². The van der Waals surface area contributed by atoms with Gasteiger partial charge < -0.3 is 59.8 Å². The van der Waals surface area contributed by atoms with E-state index in [0.29, 0.717) is 31.6 Å². The number of esters is 1. The Morgan fingerprint density at radius 3 is 2.19 bits per heavy atom. The molecule has 0 radical (unpaired) electrons. The van der Waals surface area contributed by atoms with Crippen LogP contribution in [-0.4, -0.2) is 127 Å². The van der Waals surface area contributed by atoms with Crippen LogP contribution in [0.1, 0.15) is 106 Å². The highest BCUT2D eigenvalue weighted by Gasteiger charge is 2.72. The molecule has 7 rings (SSSR count). The third-order valence-electron chi connectivity index (χ3n) is 17.2. The fourth-order valence-corrected chi connectivity index (χ4v) is 13.5. The van der Waals surface area contributed by atoms with Gasteiger partial charge in [0.2, 0.25) is 6.29 Å². The zero-order chi connectivity index (χ0) is 39.6. The molecule has 0 aromatic rings. The van der Waals surface area contributed by atoms with Crippen LogP contribution >= 0.6 is 0 Å². The first-order chi connectivity index (χ1) is 25.1. The van der Waals surface area contributed by atoms with Crippen LogP contribution in [0, 0.1) is 50.7 Å². The average Bonchev–Trinajstić information content (AvgIpc) is 3.11. The molecular weight excluding hydrogens is 700 g/mol. The zero-order valence-corrected chi connectivity index (χ0v) is 33.1. The molecule has 4 saturated carbocycles. The van der Waals surface area contributed by atoms with Gasteiger partial charge in [0.1, 0.15) is 42.7 Å². The summed E-state index contributed by atoms with van der Waals surface area (Å²) in [6.07, 6.45) is -4.04. The molecule has 19 atom stereocenters. The summed E-state index contributed by atoms with van der Waals surface area (Å²) < 4.78 is 23.7. The Labute approximate surface area is 319 Å². The lowest BCUT2D eigenvalue weighted by atomic mass is 9.33. The summed E-state index contributed by atoms with van der Waals surface area (Å²) >= 11 is 0. The number of hydrogen-bond donors (Lipinski definition) is 8. The maximum Gasteiger partial charge on any atom is 0.315 e. The summed E-state index contributed by atoms with van der Waals surface area (Å²) in [5.74, 6) is -0.699. The van der Waals surface area contributed by atoms with E-state index in [1.165, 1.54) is 0 Å². The standard InChI is InChI=1S/C41H66O13/c1-20-10-15-41(35(49)54-34-31(48)29(46)28(45)23(18-42)52-34)17-16-38(5)21(32(41)40(20,7)50)8-9-25-37(4)13-12-26(36(2,3)24(37)11-14-39(25,38)6)53-33-30(47)27(44)22(43)19-51-33/h8,20,22-34,42-48,50H,9-19H2,1-7H3/t20-,22-,23-,24+,25-,26?,27+,28-,29+,30-,31-,32-,33+,34+,37+,38-,39-,40-,41+/m1/s1. The molecule has 7 aliphatic rings. The Hall–Kier alpha value is -1.23. The lowest BCUT2D eigenvalue weighted by molar-refractivity contribution is -0.308. The molecule has 0 bridgehead atoms. The summed E-state index contributed by atoms with van der Waals surface area (Å²) in [5, 5.41) is 84.8. The fourth-order valence-electron chi connectivity index (χ4n) is 13.5. The SMILES string of the molecule is C[C@@H]1CC[C@]2(C(=O)O[C@@H]3O[C@H](CO)[C@@H](O)[C@H](O)[C@H]3O)CC[C@]3(C)C(=CC[C@@H]4[C@@]5(C)CCC(O[C@@H]6OC[C@@H](O)[C@H](O)[C@H]6O)C(C)(C)[C@@H]5CC[C@]43C)[C@@H]2[C@]1(C)O. The highest BCUT2D eigenvalue weighted by Crippen LogP contribution is 2.76. The second kappa shape index (κ2) is 13.7. The van der Waals surface area contributed by atoms with Crippen LogP contribution in [0.5, 0.6) is 0 Å². The maximum absolute atomic E-state index is 14.6. The molecule has 0 aromatic heterocycles. The van der Waals surface area contributed by atoms with E-state index in [4.69, 9.17) is 18.9 Å². The lowest BCUT2D eigenvalue weighted by Gasteiger charge is -2.72. The molecule has 0 aromatic carbocycles. The molecule has 13 nitrogen and oxygen atoms in total. The van der Waals surface area contributed by atoms with Crippen molar-refractivity contribution in [3.05, 3.63) is 11.6 Å². The van der Waals surface area contributed by atoms with Crippen LogP contribution in [0.4, 0.5) is 0 Å². The predicted octanol–water partition coefficient (Wildman–Crippen LogP) is 1.93. The van der Waals surface area contributed by atoms with Gasteiger partial charge in [0.25, 0.3) is 0 Å². The Morgan fingerprint density at radius 1 is 0.815 bits per heavy atom. The Kier molecular flexibility index (Phi) is 10.4. The number of rotatable bonds is 5. The summed E-state index contributed by atoms with van der Waals surface area (Å²) in [5.41, 5.74) is -2.15. The second-order valence-corrected chi connectivity index (χ2v) is 19.9. The van der Waals surface area contributed by atoms with Crippen LogP contribution in [0.2, 0.25) is 0 Å². The van der Waals surface area contributed by atoms with Crippen molar-refractivity contribution in [2.45, 2.75) is 173 Å². The molecule has 2 aliphatic heterocycles. The maximum atomic E-state index is 14.6. The normalized spacial score (nSPS) is 55.6. The Bertz CT molecular complexity index is 1470. The van der Waals surface area contributed by atoms with Gasteiger partial charge in [-0.1, -0.05) is 53.2 Å². The molecule has 2 saturated heterocycles. The second-order valence-electron chi connectivity index (χ2n) is 19.9. The van der Waals surface area contributed by atoms with Gasteiger partial charge in [-0.25, -0.2) is 0 Å². The number of hydrogen-bond acceptors (Lipinski definition) is 13. The first-order valence-electron chi connectivity index (χ1n) is 20.4. The van der Waals surface area contributed by atoms with Gasteiger partial charge in [-0.05, 0) is 104 Å². The zero-order valence-electron chi connectivity index (χ0n) is 33.1. The van der Waals surface area contributed by atoms with Gasteiger partial charge in [0.05, 0.1) is 30.3 Å². The monoisotopic (exact) mass is 766 g/mol. The minimum Gasteiger partial charge on any atom is -0.432 e. The van der Waals surface area contributed by atoms with Gasteiger partial charge >= 0.3 is 5.97 Å². The summed E-state index contributed by atoms with van der Waals surface area (Å²) in [4.78, 5) is 14.6. The minimum atomic E-state index is -1.72. The van der Waals surface area contributed by atoms with Crippen LogP contribution in [0.25, 0.3) is 0 Å². The van der Waals surface area contributed by atoms with Crippen molar-refractivity contribution in [1.29, 1.82) is 0 Å². The molecule has 0 amide bonds. The molecule has 13 heteroatoms. The molecule has 2 heterocycles. The fraction of sp³-hybridized carbons (Fsp3) is 0.927. The Morgan fingerprint density at radius 2 is 1.50 bits per heavy atom. The molecular formula is C41H66O13. The lowest BCUT2D eigenvalue weighted by Crippen LogP contribution is -2.68. The first-order valence-corrected chi connectivity index (χ1v) is 20.4. The van der Waals surface area contributed by atoms with Gasteiger partial charge in [-0.15, -0.1) is 0 Å². The predicted molar refractivity (Wildman–Crippen MR) is 193 cm³/mol. The van der Waals surface area contributed by atoms with Crippen molar-refractivity contribution in [1.82, 2.24) is 0 Å². The van der Waals surface area contributed by atoms with E-state index in [0.717, 1.165) is 37.7 Å². The van der Waals surface area contributed by atoms with Crippen molar-refractivity contribution >= 4 is 5.97 Å². The molecule has 54 heavy (non-hydrogen) atoms. The van der Waals surface area contributed by atoms with Crippen molar-refractivity contribution in [3.8, 4) is 0 Å². The molecule has 8 N–H and O–H groups in total. The number of carbonyl (C=O) groups excluding carboxylic acids is 1.